The molecule has 234 valence electrons. The average molecular weight is 719 g/mol. The normalized spacial score (nSPS) is 23.9. The van der Waals surface area contributed by atoms with Crippen molar-refractivity contribution in [1.82, 2.24) is 24.7 Å². The predicted molar refractivity (Wildman–Crippen MR) is 162 cm³/mol. The number of nitrogen functional groups attached to an aromatic ring is 1. The molecule has 3 aliphatic heterocycles. The lowest BCUT2D eigenvalue weighted by molar-refractivity contribution is -0.145. The first-order chi connectivity index (χ1) is 20.5. The number of nitrogens with two attached hydrogens (primary N) is 1. The van der Waals surface area contributed by atoms with E-state index in [9.17, 15) is 27.2 Å². The summed E-state index contributed by atoms with van der Waals surface area (Å²) in [6, 6.07) is 2.38. The van der Waals surface area contributed by atoms with Gasteiger partial charge in [-0.15, -0.1) is 0 Å². The molecule has 3 aliphatic rings. The number of alkyl halides is 4. The fourth-order valence-corrected chi connectivity index (χ4v) is 6.60. The molecular weight excluding hydrogens is 683 g/mol. The van der Waals surface area contributed by atoms with Gasteiger partial charge in [0.15, 0.2) is 11.6 Å². The summed E-state index contributed by atoms with van der Waals surface area (Å²) < 4.78 is 56.1. The van der Waals surface area contributed by atoms with Crippen LogP contribution in [0.3, 0.4) is 0 Å². The maximum absolute atomic E-state index is 15.0. The van der Waals surface area contributed by atoms with Crippen molar-refractivity contribution in [2.75, 3.05) is 68.8 Å². The lowest BCUT2D eigenvalue weighted by atomic mass is 9.86. The van der Waals surface area contributed by atoms with E-state index < -0.39 is 35.6 Å². The number of nitrogens with zero attached hydrogens (tertiary/aromatic N) is 6. The summed E-state index contributed by atoms with van der Waals surface area (Å²) >= 11 is 2.00. The Hall–Kier alpha value is -2.95. The summed E-state index contributed by atoms with van der Waals surface area (Å²) in [5, 5.41) is 3.05. The number of likely N-dealkylation sites (tertiary alicyclic amines) is 1. The van der Waals surface area contributed by atoms with E-state index in [0.717, 1.165) is 25.2 Å². The zero-order chi connectivity index (χ0) is 30.9. The van der Waals surface area contributed by atoms with E-state index >= 15 is 0 Å². The molecule has 1 aromatic carbocycles. The van der Waals surface area contributed by atoms with Crippen LogP contribution in [-0.4, -0.2) is 101 Å². The summed E-state index contributed by atoms with van der Waals surface area (Å²) in [4.78, 5) is 43.0. The molecule has 4 heterocycles. The van der Waals surface area contributed by atoms with E-state index in [1.807, 2.05) is 34.5 Å². The number of carbonyl (C=O) groups excluding carboxylic acids is 2. The van der Waals surface area contributed by atoms with E-state index in [0.29, 0.717) is 55.4 Å². The number of piperidine rings is 2. The van der Waals surface area contributed by atoms with Crippen molar-refractivity contribution in [2.45, 2.75) is 41.9 Å². The highest BCUT2D eigenvalue weighted by Crippen LogP contribution is 2.35. The zero-order valence-electron chi connectivity index (χ0n) is 23.8. The second-order valence-corrected chi connectivity index (χ2v) is 12.1. The molecule has 3 saturated heterocycles. The van der Waals surface area contributed by atoms with Gasteiger partial charge in [-0.25, -0.2) is 9.97 Å². The molecule has 5 rings (SSSR count). The molecule has 2 amide bonds. The molecule has 0 spiro atoms. The Morgan fingerprint density at radius 1 is 1.09 bits per heavy atom. The Bertz CT molecular complexity index is 1340. The number of halogens is 5. The number of rotatable bonds is 6. The predicted octanol–water partition coefficient (Wildman–Crippen LogP) is 3.22. The second kappa shape index (κ2) is 13.0. The standard InChI is InChI=1S/C28H35F4IN8O2/c1-38-7-9-39(10-8-38)26(42)20-4-6-40(25-23(29)24(34)35-16-36-25)15-22(20)41-5-2-3-21(27(41)43)37-19-12-17(14-33)11-18(13-19)28(30,31)32/h11-13,16,20-22,37H,2-10,14-15H2,1H3,(H2,34,35,36)/t20-,21-,22-/m1/s1. The number of benzene rings is 1. The summed E-state index contributed by atoms with van der Waals surface area (Å²) in [6.07, 6.45) is -1.97. The van der Waals surface area contributed by atoms with Gasteiger partial charge >= 0.3 is 6.18 Å². The summed E-state index contributed by atoms with van der Waals surface area (Å²) in [7, 11) is 2.00. The van der Waals surface area contributed by atoms with Crippen molar-refractivity contribution >= 4 is 51.7 Å². The summed E-state index contributed by atoms with van der Waals surface area (Å²) in [5.74, 6) is -1.91. The Morgan fingerprint density at radius 3 is 2.53 bits per heavy atom. The van der Waals surface area contributed by atoms with Crippen LogP contribution in [0.1, 0.15) is 30.4 Å². The van der Waals surface area contributed by atoms with Crippen LogP contribution < -0.4 is 16.0 Å². The van der Waals surface area contributed by atoms with Crippen LogP contribution in [0.4, 0.5) is 34.9 Å². The van der Waals surface area contributed by atoms with Crippen LogP contribution >= 0.6 is 22.6 Å². The van der Waals surface area contributed by atoms with Crippen LogP contribution in [0.2, 0.25) is 0 Å². The zero-order valence-corrected chi connectivity index (χ0v) is 25.9. The molecule has 0 radical (unpaired) electrons. The molecule has 3 fully saturated rings. The highest BCUT2D eigenvalue weighted by Gasteiger charge is 2.45. The molecule has 15 heteroatoms. The van der Waals surface area contributed by atoms with Crippen LogP contribution in [0.25, 0.3) is 0 Å². The minimum atomic E-state index is -4.52. The third-order valence-electron chi connectivity index (χ3n) is 8.50. The third kappa shape index (κ3) is 6.91. The molecule has 0 saturated carbocycles. The molecule has 3 atom stereocenters. The highest BCUT2D eigenvalue weighted by atomic mass is 127. The lowest BCUT2D eigenvalue weighted by Crippen LogP contribution is -2.63. The SMILES string of the molecule is CN1CCN(C(=O)[C@@H]2CCN(c3ncnc(N)c3F)C[C@H]2N2CCC[C@@H](Nc3cc(CI)cc(C(F)(F)F)c3)C2=O)CC1. The number of piperazine rings is 1. The average Bonchev–Trinajstić information content (AvgIpc) is 2.99. The minimum Gasteiger partial charge on any atom is -0.381 e. The largest absolute Gasteiger partial charge is 0.416 e. The number of nitrogens with one attached hydrogen (secondary N) is 1. The quantitative estimate of drug-likeness (QED) is 0.267. The van der Waals surface area contributed by atoms with Crippen molar-refractivity contribution in [3.05, 3.63) is 41.5 Å². The number of aromatic nitrogens is 2. The Morgan fingerprint density at radius 2 is 1.84 bits per heavy atom. The monoisotopic (exact) mass is 718 g/mol. The number of anilines is 3. The second-order valence-electron chi connectivity index (χ2n) is 11.4. The number of hydrogen-bond donors (Lipinski definition) is 2. The van der Waals surface area contributed by atoms with Crippen molar-refractivity contribution in [3.8, 4) is 0 Å². The molecule has 1 aromatic heterocycles. The fraction of sp³-hybridized carbons (Fsp3) is 0.571. The molecule has 10 nitrogen and oxygen atoms in total. The Labute approximate surface area is 261 Å². The van der Waals surface area contributed by atoms with Gasteiger partial charge in [0.25, 0.3) is 0 Å². The van der Waals surface area contributed by atoms with Crippen molar-refractivity contribution < 1.29 is 27.2 Å². The van der Waals surface area contributed by atoms with Crippen LogP contribution in [-0.2, 0) is 20.2 Å². The summed E-state index contributed by atoms with van der Waals surface area (Å²) in [6.45, 7) is 3.49. The van der Waals surface area contributed by atoms with E-state index in [1.165, 1.54) is 6.33 Å². The molecule has 0 unspecified atom stereocenters. The van der Waals surface area contributed by atoms with Crippen molar-refractivity contribution in [3.63, 3.8) is 0 Å². The molecule has 3 N–H and O–H groups in total. The minimum absolute atomic E-state index is 0.0115. The lowest BCUT2D eigenvalue weighted by Gasteiger charge is -2.47. The number of carbonyl (C=O) groups is 2. The van der Waals surface area contributed by atoms with E-state index in [2.05, 4.69) is 20.2 Å². The van der Waals surface area contributed by atoms with E-state index in [4.69, 9.17) is 5.73 Å². The van der Waals surface area contributed by atoms with E-state index in [1.54, 1.807) is 15.9 Å². The number of hydrogen-bond acceptors (Lipinski definition) is 8. The van der Waals surface area contributed by atoms with Crippen LogP contribution in [0.5, 0.6) is 0 Å². The third-order valence-corrected chi connectivity index (χ3v) is 9.38. The van der Waals surface area contributed by atoms with Crippen molar-refractivity contribution in [1.29, 1.82) is 0 Å². The van der Waals surface area contributed by atoms with Gasteiger partial charge in [-0.2, -0.15) is 17.6 Å². The first kappa shape index (κ1) is 31.5. The van der Waals surface area contributed by atoms with Gasteiger partial charge < -0.3 is 30.7 Å². The summed E-state index contributed by atoms with van der Waals surface area (Å²) in [5.41, 5.74) is 5.63. The molecule has 0 aliphatic carbocycles. The smallest absolute Gasteiger partial charge is 0.381 e. The topological polar surface area (TPSA) is 111 Å². The maximum Gasteiger partial charge on any atom is 0.416 e. The van der Waals surface area contributed by atoms with Gasteiger partial charge in [0.05, 0.1) is 17.5 Å². The maximum atomic E-state index is 15.0. The first-order valence-electron chi connectivity index (χ1n) is 14.3. The molecule has 2 aromatic rings. The highest BCUT2D eigenvalue weighted by molar-refractivity contribution is 14.1. The Balaban J connectivity index is 1.42. The molecular formula is C28H35F4IN8O2. The van der Waals surface area contributed by atoms with Gasteiger partial charge in [-0.3, -0.25) is 9.59 Å². The van der Waals surface area contributed by atoms with Crippen LogP contribution in [0, 0.1) is 11.7 Å². The van der Waals surface area contributed by atoms with Gasteiger partial charge in [-0.1, -0.05) is 22.6 Å². The van der Waals surface area contributed by atoms with Gasteiger partial charge in [-0.05, 0) is 50.1 Å². The van der Waals surface area contributed by atoms with Crippen LogP contribution in [0.15, 0.2) is 24.5 Å². The Kier molecular flexibility index (Phi) is 9.49. The van der Waals surface area contributed by atoms with Crippen molar-refractivity contribution in [2.24, 2.45) is 5.92 Å². The number of amides is 2. The molecule has 0 bridgehead atoms. The number of likely N-dealkylation sites (N-methyl/N-ethyl adjacent to an activating group) is 1. The molecule has 43 heavy (non-hydrogen) atoms. The van der Waals surface area contributed by atoms with E-state index in [-0.39, 0.29) is 35.7 Å². The fourth-order valence-electron chi connectivity index (χ4n) is 6.16. The van der Waals surface area contributed by atoms with Gasteiger partial charge in [0, 0.05) is 55.9 Å². The van der Waals surface area contributed by atoms with Gasteiger partial charge in [0.1, 0.15) is 12.4 Å². The van der Waals surface area contributed by atoms with Gasteiger partial charge in [0.2, 0.25) is 17.6 Å². The first-order valence-corrected chi connectivity index (χ1v) is 15.8.